The summed E-state index contributed by atoms with van der Waals surface area (Å²) in [5, 5.41) is 30.1. The highest BCUT2D eigenvalue weighted by Crippen LogP contribution is 2.35. The van der Waals surface area contributed by atoms with Crippen LogP contribution in [0, 0.1) is 13.8 Å². The summed E-state index contributed by atoms with van der Waals surface area (Å²) in [6.45, 7) is 3.86. The van der Waals surface area contributed by atoms with Crippen LogP contribution in [0.3, 0.4) is 0 Å². The van der Waals surface area contributed by atoms with Crippen molar-refractivity contribution in [3.8, 4) is 22.8 Å². The van der Waals surface area contributed by atoms with Crippen LogP contribution in [0.2, 0.25) is 0 Å². The lowest BCUT2D eigenvalue weighted by Crippen LogP contribution is -1.98. The number of rotatable bonds is 4. The number of nitrogens with one attached hydrogen (secondary N) is 2. The first kappa shape index (κ1) is 19.4. The molecule has 1 amide bonds. The van der Waals surface area contributed by atoms with Gasteiger partial charge in [0.2, 0.25) is 5.88 Å². The summed E-state index contributed by atoms with van der Waals surface area (Å²) in [6.07, 6.45) is 0. The lowest BCUT2D eigenvalue weighted by atomic mass is 10.1. The van der Waals surface area contributed by atoms with Crippen molar-refractivity contribution in [3.63, 3.8) is 0 Å². The van der Waals surface area contributed by atoms with Crippen molar-refractivity contribution >= 4 is 22.5 Å². The molecule has 0 aliphatic rings. The normalized spacial score (nSPS) is 11.6. The Balaban J connectivity index is 1.44. The smallest absolute Gasteiger partial charge is 0.313 e. The quantitative estimate of drug-likeness (QED) is 0.351. The zero-order valence-corrected chi connectivity index (χ0v) is 17.4. The number of H-pyrrole nitrogens is 2. The molecule has 0 bridgehead atoms. The van der Waals surface area contributed by atoms with Crippen molar-refractivity contribution in [3.05, 3.63) is 77.7 Å². The second-order valence-corrected chi connectivity index (χ2v) is 7.33. The van der Waals surface area contributed by atoms with Gasteiger partial charge in [0.15, 0.2) is 5.69 Å². The molecule has 0 spiro atoms. The van der Waals surface area contributed by atoms with E-state index in [1.54, 1.807) is 18.2 Å². The molecule has 0 fully saturated rings. The first-order valence-electron chi connectivity index (χ1n) is 9.96. The summed E-state index contributed by atoms with van der Waals surface area (Å²) in [5.41, 5.74) is 5.19. The lowest BCUT2D eigenvalue weighted by Gasteiger charge is -2.04. The van der Waals surface area contributed by atoms with Gasteiger partial charge < -0.3 is 10.1 Å². The minimum absolute atomic E-state index is 0.146. The molecule has 32 heavy (non-hydrogen) atoms. The van der Waals surface area contributed by atoms with E-state index in [0.29, 0.717) is 16.6 Å². The third kappa shape index (κ3) is 3.25. The molecule has 5 rings (SSSR count). The zero-order chi connectivity index (χ0) is 22.2. The Morgan fingerprint density at radius 1 is 1.06 bits per heavy atom. The standard InChI is InChI=1S/C23H19N7O2/c1-13-20(14(2)30(29-13)15-8-4-3-5-9-15)18-12-19(26-25-18)22(31)28-27-21-16-10-6-7-11-17(16)24-23(21)32/h3-12,24,32H,1-2H3,(H,25,26). The third-order valence-corrected chi connectivity index (χ3v) is 5.26. The lowest BCUT2D eigenvalue weighted by molar-refractivity contribution is 0.0990. The van der Waals surface area contributed by atoms with Crippen LogP contribution in [0.1, 0.15) is 21.9 Å². The van der Waals surface area contributed by atoms with E-state index in [2.05, 4.69) is 30.5 Å². The number of aryl methyl sites for hydroxylation is 1. The fourth-order valence-electron chi connectivity index (χ4n) is 3.76. The topological polar surface area (TPSA) is 124 Å². The van der Waals surface area contributed by atoms with Crippen LogP contribution < -0.4 is 0 Å². The molecule has 0 saturated heterocycles. The molecule has 2 aromatic carbocycles. The van der Waals surface area contributed by atoms with E-state index in [4.69, 9.17) is 0 Å². The fraction of sp³-hybridized carbons (Fsp3) is 0.0870. The average molecular weight is 425 g/mol. The molecular formula is C23H19N7O2. The van der Waals surface area contributed by atoms with Crippen LogP contribution in [0.5, 0.6) is 5.88 Å². The predicted octanol–water partition coefficient (Wildman–Crippen LogP) is 4.99. The van der Waals surface area contributed by atoms with Gasteiger partial charge in [0.25, 0.3) is 0 Å². The Morgan fingerprint density at radius 3 is 2.62 bits per heavy atom. The predicted molar refractivity (Wildman–Crippen MR) is 119 cm³/mol. The highest BCUT2D eigenvalue weighted by Gasteiger charge is 2.19. The van der Waals surface area contributed by atoms with Crippen molar-refractivity contribution < 1.29 is 9.90 Å². The molecule has 3 aromatic heterocycles. The number of nitrogens with zero attached hydrogens (tertiary/aromatic N) is 5. The van der Waals surface area contributed by atoms with E-state index in [0.717, 1.165) is 22.6 Å². The number of benzene rings is 2. The minimum atomic E-state index is -0.598. The second-order valence-electron chi connectivity index (χ2n) is 7.33. The molecule has 0 unspecified atom stereocenters. The number of carbonyl (C=O) groups excluding carboxylic acids is 1. The number of hydrogen-bond donors (Lipinski definition) is 3. The molecule has 3 N–H and O–H groups in total. The van der Waals surface area contributed by atoms with Gasteiger partial charge in [-0.1, -0.05) is 36.4 Å². The van der Waals surface area contributed by atoms with Gasteiger partial charge in [-0.2, -0.15) is 10.2 Å². The Labute approximate surface area is 182 Å². The number of carbonyl (C=O) groups is 1. The molecule has 9 heteroatoms. The number of aromatic amines is 2. The van der Waals surface area contributed by atoms with Crippen LogP contribution >= 0.6 is 0 Å². The Morgan fingerprint density at radius 2 is 1.81 bits per heavy atom. The summed E-state index contributed by atoms with van der Waals surface area (Å²) >= 11 is 0. The van der Waals surface area contributed by atoms with E-state index >= 15 is 0 Å². The highest BCUT2D eigenvalue weighted by molar-refractivity contribution is 5.96. The third-order valence-electron chi connectivity index (χ3n) is 5.26. The highest BCUT2D eigenvalue weighted by atomic mass is 16.3. The number of hydrogen-bond acceptors (Lipinski definition) is 5. The summed E-state index contributed by atoms with van der Waals surface area (Å²) in [6, 6.07) is 18.7. The van der Waals surface area contributed by atoms with E-state index in [9.17, 15) is 9.90 Å². The van der Waals surface area contributed by atoms with Crippen molar-refractivity contribution in [2.24, 2.45) is 10.2 Å². The van der Waals surface area contributed by atoms with Crippen LogP contribution in [-0.2, 0) is 0 Å². The fourth-order valence-corrected chi connectivity index (χ4v) is 3.76. The van der Waals surface area contributed by atoms with Gasteiger partial charge in [0.1, 0.15) is 5.69 Å². The molecule has 0 radical (unpaired) electrons. The van der Waals surface area contributed by atoms with Crippen molar-refractivity contribution in [1.29, 1.82) is 0 Å². The van der Waals surface area contributed by atoms with Gasteiger partial charge in [-0.05, 0) is 38.1 Å². The van der Waals surface area contributed by atoms with E-state index in [1.165, 1.54) is 0 Å². The molecule has 0 aliphatic heterocycles. The van der Waals surface area contributed by atoms with E-state index in [1.807, 2.05) is 61.0 Å². The molecular weight excluding hydrogens is 406 g/mol. The Hall–Kier alpha value is -4.53. The molecule has 158 valence electrons. The summed E-state index contributed by atoms with van der Waals surface area (Å²) in [4.78, 5) is 15.4. The Kier molecular flexibility index (Phi) is 4.63. The maximum absolute atomic E-state index is 12.6. The van der Waals surface area contributed by atoms with Crippen LogP contribution in [0.4, 0.5) is 5.69 Å². The second kappa shape index (κ2) is 7.62. The van der Waals surface area contributed by atoms with Crippen LogP contribution in [-0.4, -0.2) is 36.0 Å². The summed E-state index contributed by atoms with van der Waals surface area (Å²) < 4.78 is 1.85. The van der Waals surface area contributed by atoms with Gasteiger partial charge in [-0.3, -0.25) is 9.89 Å². The molecule has 0 aliphatic carbocycles. The maximum atomic E-state index is 12.6. The van der Waals surface area contributed by atoms with E-state index in [-0.39, 0.29) is 17.3 Å². The maximum Gasteiger partial charge on any atom is 0.313 e. The van der Waals surface area contributed by atoms with Crippen molar-refractivity contribution in [1.82, 2.24) is 25.0 Å². The summed E-state index contributed by atoms with van der Waals surface area (Å²) in [7, 11) is 0. The zero-order valence-electron chi connectivity index (χ0n) is 17.4. The Bertz CT molecular complexity index is 1480. The first-order valence-corrected chi connectivity index (χ1v) is 9.96. The van der Waals surface area contributed by atoms with Crippen LogP contribution in [0.15, 0.2) is 70.9 Å². The SMILES string of the molecule is Cc1nn(-c2ccccc2)c(C)c1-c1cc(C(=O)N=Nc2c(O)[nH]c3ccccc23)[nH]n1. The minimum Gasteiger partial charge on any atom is -0.493 e. The number of aromatic hydroxyl groups is 1. The van der Waals surface area contributed by atoms with Crippen LogP contribution in [0.25, 0.3) is 27.8 Å². The molecule has 3 heterocycles. The molecule has 5 aromatic rings. The number of aromatic nitrogens is 5. The molecule has 0 atom stereocenters. The number of fused-ring (bicyclic) bond motifs is 1. The number of azo groups is 1. The number of amides is 1. The molecule has 9 nitrogen and oxygen atoms in total. The van der Waals surface area contributed by atoms with Gasteiger partial charge in [0.05, 0.1) is 28.3 Å². The van der Waals surface area contributed by atoms with E-state index < -0.39 is 5.91 Å². The van der Waals surface area contributed by atoms with Gasteiger partial charge in [0, 0.05) is 10.9 Å². The largest absolute Gasteiger partial charge is 0.493 e. The van der Waals surface area contributed by atoms with Gasteiger partial charge >= 0.3 is 5.91 Å². The van der Waals surface area contributed by atoms with Gasteiger partial charge in [-0.15, -0.1) is 10.2 Å². The van der Waals surface area contributed by atoms with Gasteiger partial charge in [-0.25, -0.2) is 4.68 Å². The monoisotopic (exact) mass is 425 g/mol. The van der Waals surface area contributed by atoms with Crippen molar-refractivity contribution in [2.45, 2.75) is 13.8 Å². The average Bonchev–Trinajstić information content (AvgIpc) is 3.48. The summed E-state index contributed by atoms with van der Waals surface area (Å²) in [5.74, 6) is -0.744. The van der Waals surface area contributed by atoms with Crippen molar-refractivity contribution in [2.75, 3.05) is 0 Å². The molecule has 0 saturated carbocycles. The number of para-hydroxylation sites is 2. The first-order chi connectivity index (χ1) is 15.5.